The maximum atomic E-state index is 12.6. The van der Waals surface area contributed by atoms with Crippen LogP contribution in [0.4, 0.5) is 0 Å². The summed E-state index contributed by atoms with van der Waals surface area (Å²) >= 11 is 0. The topological polar surface area (TPSA) is 42.0 Å². The highest BCUT2D eigenvalue weighted by atomic mass is 16.5. The maximum absolute atomic E-state index is 12.6. The number of rotatable bonds is 9. The van der Waals surface area contributed by atoms with Gasteiger partial charge in [0.1, 0.15) is 11.9 Å². The van der Waals surface area contributed by atoms with E-state index in [0.29, 0.717) is 6.61 Å². The van der Waals surface area contributed by atoms with E-state index in [4.69, 9.17) is 9.47 Å². The summed E-state index contributed by atoms with van der Waals surface area (Å²) in [4.78, 5) is 16.9. The fraction of sp³-hybridized carbons (Fsp3) is 0.276. The first-order chi connectivity index (χ1) is 16.7. The molecule has 0 N–H and O–H groups in total. The van der Waals surface area contributed by atoms with E-state index in [9.17, 15) is 4.79 Å². The van der Waals surface area contributed by atoms with Gasteiger partial charge < -0.3 is 14.4 Å². The second-order valence-electron chi connectivity index (χ2n) is 8.31. The minimum atomic E-state index is -0.0784. The highest BCUT2D eigenvalue weighted by molar-refractivity contribution is 5.92. The number of piperazine rings is 1. The summed E-state index contributed by atoms with van der Waals surface area (Å²) in [5.74, 6) is 0.802. The van der Waals surface area contributed by atoms with Crippen LogP contribution >= 0.6 is 0 Å². The van der Waals surface area contributed by atoms with Crippen LogP contribution in [0, 0.1) is 0 Å². The molecular formula is C29H32N2O3. The van der Waals surface area contributed by atoms with Crippen LogP contribution in [0.15, 0.2) is 91.0 Å². The lowest BCUT2D eigenvalue weighted by molar-refractivity contribution is -0.127. The number of carbonyl (C=O) groups is 1. The van der Waals surface area contributed by atoms with Gasteiger partial charge in [-0.2, -0.15) is 0 Å². The number of benzene rings is 3. The molecule has 34 heavy (non-hydrogen) atoms. The van der Waals surface area contributed by atoms with Gasteiger partial charge in [-0.05, 0) is 23.3 Å². The van der Waals surface area contributed by atoms with Gasteiger partial charge in [0, 0.05) is 44.4 Å². The van der Waals surface area contributed by atoms with Crippen LogP contribution in [0.2, 0.25) is 0 Å². The number of carbonyl (C=O) groups excluding carboxylic acids is 1. The van der Waals surface area contributed by atoms with Gasteiger partial charge in [0.25, 0.3) is 0 Å². The van der Waals surface area contributed by atoms with Crippen molar-refractivity contribution in [2.24, 2.45) is 0 Å². The number of para-hydroxylation sites is 1. The molecule has 1 fully saturated rings. The third-order valence-corrected chi connectivity index (χ3v) is 6.13. The Balaban J connectivity index is 1.26. The number of hydrogen-bond donors (Lipinski definition) is 0. The van der Waals surface area contributed by atoms with Crippen molar-refractivity contribution in [3.63, 3.8) is 0 Å². The van der Waals surface area contributed by atoms with Gasteiger partial charge in [0.2, 0.25) is 5.91 Å². The Morgan fingerprint density at radius 3 is 2.06 bits per heavy atom. The van der Waals surface area contributed by atoms with E-state index < -0.39 is 0 Å². The van der Waals surface area contributed by atoms with E-state index in [2.05, 4.69) is 29.2 Å². The quantitative estimate of drug-likeness (QED) is 0.439. The molecule has 1 amide bonds. The molecular weight excluding hydrogens is 424 g/mol. The Morgan fingerprint density at radius 1 is 0.853 bits per heavy atom. The van der Waals surface area contributed by atoms with Crippen molar-refractivity contribution < 1.29 is 14.3 Å². The van der Waals surface area contributed by atoms with Crippen molar-refractivity contribution in [1.29, 1.82) is 0 Å². The molecule has 0 saturated carbocycles. The lowest BCUT2D eigenvalue weighted by Gasteiger charge is -2.34. The fourth-order valence-electron chi connectivity index (χ4n) is 4.20. The van der Waals surface area contributed by atoms with E-state index in [-0.39, 0.29) is 12.0 Å². The third kappa shape index (κ3) is 6.34. The maximum Gasteiger partial charge on any atom is 0.246 e. The Morgan fingerprint density at radius 2 is 1.44 bits per heavy atom. The van der Waals surface area contributed by atoms with Crippen molar-refractivity contribution in [2.45, 2.75) is 6.10 Å². The summed E-state index contributed by atoms with van der Waals surface area (Å²) < 4.78 is 11.7. The number of hydrogen-bond acceptors (Lipinski definition) is 4. The van der Waals surface area contributed by atoms with E-state index in [1.54, 1.807) is 13.2 Å². The Kier molecular flexibility index (Phi) is 8.49. The molecule has 0 aliphatic carbocycles. The van der Waals surface area contributed by atoms with Crippen molar-refractivity contribution in [3.8, 4) is 5.75 Å². The van der Waals surface area contributed by atoms with Crippen LogP contribution in [0.1, 0.15) is 22.8 Å². The zero-order chi connectivity index (χ0) is 23.6. The van der Waals surface area contributed by atoms with Crippen LogP contribution in [0.3, 0.4) is 0 Å². The van der Waals surface area contributed by atoms with Crippen LogP contribution in [0.5, 0.6) is 5.75 Å². The molecule has 1 aliphatic rings. The summed E-state index contributed by atoms with van der Waals surface area (Å²) in [6, 6.07) is 28.4. The molecule has 1 saturated heterocycles. The molecule has 4 rings (SSSR count). The first-order valence-corrected chi connectivity index (χ1v) is 11.8. The molecule has 5 nitrogen and oxygen atoms in total. The van der Waals surface area contributed by atoms with Crippen LogP contribution < -0.4 is 4.74 Å². The van der Waals surface area contributed by atoms with Crippen molar-refractivity contribution >= 4 is 12.0 Å². The van der Waals surface area contributed by atoms with Crippen molar-refractivity contribution in [3.05, 3.63) is 108 Å². The van der Waals surface area contributed by atoms with E-state index in [0.717, 1.165) is 55.2 Å². The lowest BCUT2D eigenvalue weighted by Crippen LogP contribution is -2.49. The highest BCUT2D eigenvalue weighted by Crippen LogP contribution is 2.25. The Bertz CT molecular complexity index is 1020. The molecule has 3 aromatic rings. The lowest BCUT2D eigenvalue weighted by atomic mass is 10.0. The molecule has 0 bridgehead atoms. The monoisotopic (exact) mass is 456 g/mol. The smallest absolute Gasteiger partial charge is 0.246 e. The standard InChI is InChI=1S/C29H32N2O3/c1-33-27-15-9-8-10-24(27)16-17-28(32)31-20-18-30(19-21-31)22-23-34-29(25-11-4-2-5-12-25)26-13-6-3-7-14-26/h2-17,29H,18-23H2,1H3/b17-16+. The van der Waals surface area contributed by atoms with Gasteiger partial charge in [-0.1, -0.05) is 78.9 Å². The minimum absolute atomic E-state index is 0.0371. The largest absolute Gasteiger partial charge is 0.496 e. The summed E-state index contributed by atoms with van der Waals surface area (Å²) in [5, 5.41) is 0. The molecule has 3 aromatic carbocycles. The molecule has 0 aromatic heterocycles. The van der Waals surface area contributed by atoms with Gasteiger partial charge in [-0.25, -0.2) is 0 Å². The predicted molar refractivity (Wildman–Crippen MR) is 136 cm³/mol. The van der Waals surface area contributed by atoms with Gasteiger partial charge in [-0.3, -0.25) is 9.69 Å². The summed E-state index contributed by atoms with van der Waals surface area (Å²) in [6.45, 7) is 4.61. The van der Waals surface area contributed by atoms with E-state index in [1.807, 2.05) is 71.6 Å². The highest BCUT2D eigenvalue weighted by Gasteiger charge is 2.20. The molecule has 0 radical (unpaired) electrons. The minimum Gasteiger partial charge on any atom is -0.496 e. The van der Waals surface area contributed by atoms with Gasteiger partial charge in [0.05, 0.1) is 13.7 Å². The zero-order valence-electron chi connectivity index (χ0n) is 19.7. The van der Waals surface area contributed by atoms with Crippen molar-refractivity contribution in [1.82, 2.24) is 9.80 Å². The van der Waals surface area contributed by atoms with Gasteiger partial charge >= 0.3 is 0 Å². The third-order valence-electron chi connectivity index (χ3n) is 6.13. The van der Waals surface area contributed by atoms with Crippen LogP contribution in [0.25, 0.3) is 6.08 Å². The average molecular weight is 457 g/mol. The summed E-state index contributed by atoms with van der Waals surface area (Å²) in [7, 11) is 1.64. The number of ether oxygens (including phenoxy) is 2. The molecule has 5 heteroatoms. The number of amides is 1. The van der Waals surface area contributed by atoms with E-state index >= 15 is 0 Å². The van der Waals surface area contributed by atoms with E-state index in [1.165, 1.54) is 0 Å². The Labute approximate surface area is 202 Å². The zero-order valence-corrected chi connectivity index (χ0v) is 19.7. The molecule has 0 atom stereocenters. The first kappa shape index (κ1) is 23.7. The summed E-state index contributed by atoms with van der Waals surface area (Å²) in [6.07, 6.45) is 3.39. The summed E-state index contributed by atoms with van der Waals surface area (Å²) in [5.41, 5.74) is 3.22. The fourth-order valence-corrected chi connectivity index (χ4v) is 4.20. The second-order valence-corrected chi connectivity index (χ2v) is 8.31. The SMILES string of the molecule is COc1ccccc1/C=C/C(=O)N1CCN(CCOC(c2ccccc2)c2ccccc2)CC1. The first-order valence-electron chi connectivity index (χ1n) is 11.8. The molecule has 1 aliphatic heterocycles. The number of methoxy groups -OCH3 is 1. The number of nitrogens with zero attached hydrogens (tertiary/aromatic N) is 2. The molecule has 1 heterocycles. The Hall–Kier alpha value is -3.41. The second kappa shape index (κ2) is 12.2. The normalized spacial score (nSPS) is 14.6. The van der Waals surface area contributed by atoms with Crippen LogP contribution in [-0.4, -0.2) is 62.1 Å². The van der Waals surface area contributed by atoms with Gasteiger partial charge in [0.15, 0.2) is 0 Å². The van der Waals surface area contributed by atoms with Crippen LogP contribution in [-0.2, 0) is 9.53 Å². The average Bonchev–Trinajstić information content (AvgIpc) is 2.91. The molecule has 0 spiro atoms. The van der Waals surface area contributed by atoms with Gasteiger partial charge in [-0.15, -0.1) is 0 Å². The van der Waals surface area contributed by atoms with Crippen molar-refractivity contribution in [2.75, 3.05) is 46.4 Å². The predicted octanol–water partition coefficient (Wildman–Crippen LogP) is 4.66. The molecule has 176 valence electrons. The molecule has 0 unspecified atom stereocenters.